The number of ether oxygens (including phenoxy) is 2. The van der Waals surface area contributed by atoms with Crippen LogP contribution in [0.4, 0.5) is 0 Å². The number of rotatable bonds is 5. The van der Waals surface area contributed by atoms with Gasteiger partial charge in [0.1, 0.15) is 6.29 Å². The second kappa shape index (κ2) is 5.35. The molecule has 3 nitrogen and oxygen atoms in total. The van der Waals surface area contributed by atoms with E-state index >= 15 is 0 Å². The van der Waals surface area contributed by atoms with Gasteiger partial charge in [0.2, 0.25) is 0 Å². The van der Waals surface area contributed by atoms with Gasteiger partial charge in [-0.05, 0) is 11.8 Å². The number of hydrogen-bond acceptors (Lipinski definition) is 3. The van der Waals surface area contributed by atoms with Crippen LogP contribution in [0.2, 0.25) is 0 Å². The fourth-order valence-corrected chi connectivity index (χ4v) is 1.36. The van der Waals surface area contributed by atoms with E-state index in [1.165, 1.54) is 0 Å². The Kier molecular flexibility index (Phi) is 4.39. The van der Waals surface area contributed by atoms with Gasteiger partial charge in [-0.25, -0.2) is 0 Å². The molecular weight excluding hydrogens is 168 g/mol. The molecule has 0 aromatic heterocycles. The minimum Gasteiger partial charge on any atom is -0.352 e. The van der Waals surface area contributed by atoms with Crippen LogP contribution in [-0.4, -0.2) is 25.8 Å². The van der Waals surface area contributed by atoms with Gasteiger partial charge in [0.25, 0.3) is 0 Å². The molecule has 1 heterocycles. The van der Waals surface area contributed by atoms with Crippen molar-refractivity contribution in [2.75, 3.05) is 13.2 Å². The Morgan fingerprint density at radius 1 is 1.69 bits per heavy atom. The summed E-state index contributed by atoms with van der Waals surface area (Å²) in [6.45, 7) is 5.58. The number of carbonyl (C=O) groups excluding carboxylic acids is 1. The lowest BCUT2D eigenvalue weighted by Crippen LogP contribution is -2.16. The van der Waals surface area contributed by atoms with E-state index in [2.05, 4.69) is 6.92 Å². The second-order valence-corrected chi connectivity index (χ2v) is 3.94. The van der Waals surface area contributed by atoms with Gasteiger partial charge in [-0.1, -0.05) is 13.8 Å². The molecule has 0 saturated carbocycles. The molecule has 0 radical (unpaired) electrons. The van der Waals surface area contributed by atoms with Gasteiger partial charge < -0.3 is 14.3 Å². The number of aldehydes is 1. The number of carbonyl (C=O) groups is 1. The van der Waals surface area contributed by atoms with Crippen LogP contribution in [0.15, 0.2) is 0 Å². The third kappa shape index (κ3) is 3.87. The van der Waals surface area contributed by atoms with Crippen molar-refractivity contribution in [2.24, 2.45) is 11.8 Å². The summed E-state index contributed by atoms with van der Waals surface area (Å²) in [6.07, 6.45) is 2.45. The van der Waals surface area contributed by atoms with Crippen LogP contribution in [0.25, 0.3) is 0 Å². The highest BCUT2D eigenvalue weighted by Crippen LogP contribution is 2.20. The molecule has 1 rings (SSSR count). The Labute approximate surface area is 79.4 Å². The first-order valence-electron chi connectivity index (χ1n) is 4.89. The zero-order valence-corrected chi connectivity index (χ0v) is 8.36. The van der Waals surface area contributed by atoms with Crippen LogP contribution >= 0.6 is 0 Å². The summed E-state index contributed by atoms with van der Waals surface area (Å²) in [5, 5.41) is 0. The predicted octanol–water partition coefficient (Wildman–Crippen LogP) is 1.61. The van der Waals surface area contributed by atoms with Gasteiger partial charge in [0, 0.05) is 12.8 Å². The van der Waals surface area contributed by atoms with Crippen LogP contribution in [-0.2, 0) is 14.3 Å². The normalized spacial score (nSPS) is 30.3. The molecule has 0 aromatic rings. The maximum atomic E-state index is 10.2. The Morgan fingerprint density at radius 3 is 3.00 bits per heavy atom. The van der Waals surface area contributed by atoms with Gasteiger partial charge in [-0.2, -0.15) is 0 Å². The smallest absolute Gasteiger partial charge is 0.157 e. The second-order valence-electron chi connectivity index (χ2n) is 3.94. The summed E-state index contributed by atoms with van der Waals surface area (Å²) in [7, 11) is 0. The molecule has 1 saturated heterocycles. The molecule has 1 fully saturated rings. The van der Waals surface area contributed by atoms with E-state index in [0.29, 0.717) is 24.9 Å². The SMILES string of the molecule is CC(CC=O)COC1CC(C)CO1. The van der Waals surface area contributed by atoms with Crippen molar-refractivity contribution < 1.29 is 14.3 Å². The highest BCUT2D eigenvalue weighted by atomic mass is 16.7. The van der Waals surface area contributed by atoms with Crippen molar-refractivity contribution in [3.8, 4) is 0 Å². The zero-order chi connectivity index (χ0) is 9.68. The van der Waals surface area contributed by atoms with Gasteiger partial charge in [-0.3, -0.25) is 0 Å². The van der Waals surface area contributed by atoms with Crippen LogP contribution in [0, 0.1) is 11.8 Å². The average Bonchev–Trinajstić information content (AvgIpc) is 2.49. The van der Waals surface area contributed by atoms with Crippen LogP contribution in [0.3, 0.4) is 0 Å². The van der Waals surface area contributed by atoms with Crippen LogP contribution in [0.1, 0.15) is 26.7 Å². The minimum atomic E-state index is -0.0379. The van der Waals surface area contributed by atoms with Crippen molar-refractivity contribution in [3.63, 3.8) is 0 Å². The summed E-state index contributed by atoms with van der Waals surface area (Å²) >= 11 is 0. The number of hydrogen-bond donors (Lipinski definition) is 0. The monoisotopic (exact) mass is 186 g/mol. The molecule has 3 heteroatoms. The van der Waals surface area contributed by atoms with E-state index in [4.69, 9.17) is 9.47 Å². The van der Waals surface area contributed by atoms with E-state index in [0.717, 1.165) is 19.3 Å². The van der Waals surface area contributed by atoms with Gasteiger partial charge in [0.05, 0.1) is 13.2 Å². The van der Waals surface area contributed by atoms with Crippen LogP contribution in [0.5, 0.6) is 0 Å². The molecule has 0 spiro atoms. The molecule has 0 bridgehead atoms. The molecule has 0 aliphatic carbocycles. The first-order valence-corrected chi connectivity index (χ1v) is 4.89. The zero-order valence-electron chi connectivity index (χ0n) is 8.36. The summed E-state index contributed by atoms with van der Waals surface area (Å²) in [5.74, 6) is 0.906. The molecule has 0 aromatic carbocycles. The van der Waals surface area contributed by atoms with E-state index in [1.807, 2.05) is 6.92 Å². The van der Waals surface area contributed by atoms with E-state index in [-0.39, 0.29) is 6.29 Å². The molecule has 13 heavy (non-hydrogen) atoms. The van der Waals surface area contributed by atoms with E-state index in [1.54, 1.807) is 0 Å². The summed E-state index contributed by atoms with van der Waals surface area (Å²) in [5.41, 5.74) is 0. The predicted molar refractivity (Wildman–Crippen MR) is 49.3 cm³/mol. The van der Waals surface area contributed by atoms with E-state index in [9.17, 15) is 4.79 Å². The molecule has 0 N–H and O–H groups in total. The summed E-state index contributed by atoms with van der Waals surface area (Å²) in [6, 6.07) is 0. The highest BCUT2D eigenvalue weighted by molar-refractivity contribution is 5.49. The standard InChI is InChI=1S/C10H18O3/c1-8(3-4-11)6-12-10-5-9(2)7-13-10/h4,8-10H,3,5-7H2,1-2H3. The molecule has 1 aliphatic rings. The Morgan fingerprint density at radius 2 is 2.46 bits per heavy atom. The Bertz CT molecular complexity index is 158. The van der Waals surface area contributed by atoms with Crippen LogP contribution < -0.4 is 0 Å². The molecule has 3 unspecified atom stereocenters. The molecule has 1 aliphatic heterocycles. The molecule has 3 atom stereocenters. The average molecular weight is 186 g/mol. The van der Waals surface area contributed by atoms with Crippen molar-refractivity contribution in [1.29, 1.82) is 0 Å². The van der Waals surface area contributed by atoms with Crippen molar-refractivity contribution in [1.82, 2.24) is 0 Å². The highest BCUT2D eigenvalue weighted by Gasteiger charge is 2.22. The Hall–Kier alpha value is -0.410. The third-order valence-electron chi connectivity index (χ3n) is 2.23. The minimum absolute atomic E-state index is 0.0379. The van der Waals surface area contributed by atoms with Gasteiger partial charge >= 0.3 is 0 Å². The largest absolute Gasteiger partial charge is 0.352 e. The van der Waals surface area contributed by atoms with Crippen molar-refractivity contribution in [2.45, 2.75) is 33.0 Å². The first-order chi connectivity index (χ1) is 6.22. The lowest BCUT2D eigenvalue weighted by molar-refractivity contribution is -0.123. The molecule has 0 amide bonds. The fourth-order valence-electron chi connectivity index (χ4n) is 1.36. The molecular formula is C10H18O3. The molecule has 76 valence electrons. The first kappa shape index (κ1) is 10.7. The fraction of sp³-hybridized carbons (Fsp3) is 0.900. The third-order valence-corrected chi connectivity index (χ3v) is 2.23. The topological polar surface area (TPSA) is 35.5 Å². The summed E-state index contributed by atoms with van der Waals surface area (Å²) < 4.78 is 10.9. The summed E-state index contributed by atoms with van der Waals surface area (Å²) in [4.78, 5) is 10.2. The quantitative estimate of drug-likeness (QED) is 0.612. The van der Waals surface area contributed by atoms with Crippen molar-refractivity contribution in [3.05, 3.63) is 0 Å². The lowest BCUT2D eigenvalue weighted by Gasteiger charge is -2.13. The van der Waals surface area contributed by atoms with E-state index < -0.39 is 0 Å². The Balaban J connectivity index is 2.08. The maximum Gasteiger partial charge on any atom is 0.157 e. The lowest BCUT2D eigenvalue weighted by atomic mass is 10.1. The van der Waals surface area contributed by atoms with Gasteiger partial charge in [0.15, 0.2) is 6.29 Å². The van der Waals surface area contributed by atoms with Crippen molar-refractivity contribution >= 4 is 6.29 Å². The maximum absolute atomic E-state index is 10.2. The van der Waals surface area contributed by atoms with Gasteiger partial charge in [-0.15, -0.1) is 0 Å².